The van der Waals surface area contributed by atoms with Crippen molar-refractivity contribution in [3.05, 3.63) is 29.8 Å². The van der Waals surface area contributed by atoms with E-state index in [1.165, 1.54) is 7.05 Å². The molecule has 0 spiro atoms. The highest BCUT2D eigenvalue weighted by atomic mass is 16.5. The van der Waals surface area contributed by atoms with E-state index in [2.05, 4.69) is 16.0 Å². The van der Waals surface area contributed by atoms with Crippen molar-refractivity contribution in [2.24, 2.45) is 0 Å². The first-order valence-corrected chi connectivity index (χ1v) is 7.64. The Morgan fingerprint density at radius 1 is 1.13 bits per heavy atom. The Balaban J connectivity index is 1.80. The fourth-order valence-electron chi connectivity index (χ4n) is 2.42. The molecule has 0 bridgehead atoms. The summed E-state index contributed by atoms with van der Waals surface area (Å²) in [6.07, 6.45) is 4.40. The van der Waals surface area contributed by atoms with Crippen molar-refractivity contribution < 1.29 is 19.1 Å². The number of hydrogen-bond acceptors (Lipinski definition) is 4. The SMILES string of the molecule is CNC(=O)NC(=O)COc1ccc(C(=O)NC2CCCC2)cc1. The first-order valence-electron chi connectivity index (χ1n) is 7.64. The van der Waals surface area contributed by atoms with Crippen LogP contribution in [0.5, 0.6) is 5.75 Å². The van der Waals surface area contributed by atoms with Crippen LogP contribution in [0.3, 0.4) is 0 Å². The van der Waals surface area contributed by atoms with E-state index in [4.69, 9.17) is 4.74 Å². The molecule has 7 heteroatoms. The van der Waals surface area contributed by atoms with E-state index >= 15 is 0 Å². The van der Waals surface area contributed by atoms with Gasteiger partial charge in [-0.15, -0.1) is 0 Å². The van der Waals surface area contributed by atoms with Crippen molar-refractivity contribution in [2.45, 2.75) is 31.7 Å². The summed E-state index contributed by atoms with van der Waals surface area (Å²) in [6.45, 7) is -0.277. The fraction of sp³-hybridized carbons (Fsp3) is 0.438. The Bertz CT molecular complexity index is 565. The third-order valence-electron chi connectivity index (χ3n) is 3.66. The van der Waals surface area contributed by atoms with Crippen LogP contribution in [-0.2, 0) is 4.79 Å². The second-order valence-electron chi connectivity index (χ2n) is 5.40. The van der Waals surface area contributed by atoms with Crippen LogP contribution >= 0.6 is 0 Å². The van der Waals surface area contributed by atoms with Crippen LogP contribution in [-0.4, -0.2) is 37.5 Å². The predicted octanol–water partition coefficient (Wildman–Crippen LogP) is 1.19. The average Bonchev–Trinajstić information content (AvgIpc) is 3.06. The first kappa shape index (κ1) is 16.8. The second-order valence-corrected chi connectivity index (χ2v) is 5.40. The van der Waals surface area contributed by atoms with Crippen molar-refractivity contribution in [1.82, 2.24) is 16.0 Å². The topological polar surface area (TPSA) is 96.5 Å². The van der Waals surface area contributed by atoms with E-state index in [1.54, 1.807) is 24.3 Å². The van der Waals surface area contributed by atoms with Gasteiger partial charge >= 0.3 is 6.03 Å². The van der Waals surface area contributed by atoms with Crippen LogP contribution in [0.25, 0.3) is 0 Å². The van der Waals surface area contributed by atoms with Gasteiger partial charge in [-0.2, -0.15) is 0 Å². The van der Waals surface area contributed by atoms with Crippen molar-refractivity contribution in [3.8, 4) is 5.75 Å². The number of urea groups is 1. The average molecular weight is 319 g/mol. The predicted molar refractivity (Wildman–Crippen MR) is 84.3 cm³/mol. The molecule has 0 saturated heterocycles. The molecule has 1 aromatic rings. The van der Waals surface area contributed by atoms with E-state index in [0.717, 1.165) is 25.7 Å². The molecule has 124 valence electrons. The Hall–Kier alpha value is -2.57. The van der Waals surface area contributed by atoms with Crippen LogP contribution in [0.2, 0.25) is 0 Å². The summed E-state index contributed by atoms with van der Waals surface area (Å²) in [7, 11) is 1.42. The summed E-state index contributed by atoms with van der Waals surface area (Å²) in [5.41, 5.74) is 0.555. The molecular formula is C16H21N3O4. The molecule has 2 rings (SSSR count). The van der Waals surface area contributed by atoms with E-state index in [9.17, 15) is 14.4 Å². The van der Waals surface area contributed by atoms with Crippen LogP contribution in [0.1, 0.15) is 36.0 Å². The normalized spacial score (nSPS) is 14.1. The Labute approximate surface area is 134 Å². The highest BCUT2D eigenvalue weighted by molar-refractivity contribution is 5.95. The van der Waals surface area contributed by atoms with Gasteiger partial charge in [0.25, 0.3) is 11.8 Å². The summed E-state index contributed by atoms with van der Waals surface area (Å²) in [6, 6.07) is 6.23. The Kier molecular flexibility index (Phi) is 5.96. The van der Waals surface area contributed by atoms with Gasteiger partial charge in [0.05, 0.1) is 0 Å². The van der Waals surface area contributed by atoms with Gasteiger partial charge in [-0.1, -0.05) is 12.8 Å². The minimum absolute atomic E-state index is 0.0965. The lowest BCUT2D eigenvalue weighted by atomic mass is 10.1. The lowest BCUT2D eigenvalue weighted by Gasteiger charge is -2.12. The quantitative estimate of drug-likeness (QED) is 0.759. The number of benzene rings is 1. The molecule has 0 aliphatic heterocycles. The smallest absolute Gasteiger partial charge is 0.321 e. The third-order valence-corrected chi connectivity index (χ3v) is 3.66. The molecule has 1 aromatic carbocycles. The highest BCUT2D eigenvalue weighted by Gasteiger charge is 2.17. The number of ether oxygens (including phenoxy) is 1. The first-order chi connectivity index (χ1) is 11.1. The van der Waals surface area contributed by atoms with E-state index in [0.29, 0.717) is 11.3 Å². The highest BCUT2D eigenvalue weighted by Crippen LogP contribution is 2.18. The van der Waals surface area contributed by atoms with Gasteiger partial charge < -0.3 is 15.4 Å². The minimum atomic E-state index is -0.586. The monoisotopic (exact) mass is 319 g/mol. The van der Waals surface area contributed by atoms with Gasteiger partial charge in [0, 0.05) is 18.7 Å². The number of carbonyl (C=O) groups excluding carboxylic acids is 3. The van der Waals surface area contributed by atoms with Crippen LogP contribution < -0.4 is 20.7 Å². The fourth-order valence-corrected chi connectivity index (χ4v) is 2.42. The molecule has 1 aliphatic carbocycles. The maximum absolute atomic E-state index is 12.1. The van der Waals surface area contributed by atoms with E-state index in [1.807, 2.05) is 0 Å². The lowest BCUT2D eigenvalue weighted by molar-refractivity contribution is -0.122. The van der Waals surface area contributed by atoms with Crippen molar-refractivity contribution in [3.63, 3.8) is 0 Å². The zero-order valence-electron chi connectivity index (χ0n) is 13.1. The molecule has 1 saturated carbocycles. The number of hydrogen-bond donors (Lipinski definition) is 3. The number of rotatable bonds is 5. The van der Waals surface area contributed by atoms with Gasteiger partial charge in [0.1, 0.15) is 5.75 Å². The van der Waals surface area contributed by atoms with E-state index in [-0.39, 0.29) is 18.6 Å². The Morgan fingerprint density at radius 2 is 1.78 bits per heavy atom. The summed E-state index contributed by atoms with van der Waals surface area (Å²) in [5, 5.41) is 7.37. The Morgan fingerprint density at radius 3 is 2.39 bits per heavy atom. The van der Waals surface area contributed by atoms with Crippen molar-refractivity contribution >= 4 is 17.8 Å². The molecule has 4 amide bonds. The van der Waals surface area contributed by atoms with Gasteiger partial charge in [-0.3, -0.25) is 14.9 Å². The molecule has 0 unspecified atom stereocenters. The van der Waals surface area contributed by atoms with Gasteiger partial charge in [-0.25, -0.2) is 4.79 Å². The number of carbonyl (C=O) groups is 3. The van der Waals surface area contributed by atoms with E-state index < -0.39 is 11.9 Å². The number of amides is 4. The van der Waals surface area contributed by atoms with Crippen LogP contribution in [0, 0.1) is 0 Å². The van der Waals surface area contributed by atoms with Crippen LogP contribution in [0.4, 0.5) is 4.79 Å². The van der Waals surface area contributed by atoms with Gasteiger partial charge in [0.15, 0.2) is 6.61 Å². The molecule has 3 N–H and O–H groups in total. The molecule has 0 radical (unpaired) electrons. The maximum atomic E-state index is 12.1. The zero-order chi connectivity index (χ0) is 16.7. The number of nitrogens with one attached hydrogen (secondary N) is 3. The largest absolute Gasteiger partial charge is 0.484 e. The summed E-state index contributed by atoms with van der Waals surface area (Å²) in [4.78, 5) is 34.4. The molecule has 0 heterocycles. The molecule has 7 nitrogen and oxygen atoms in total. The zero-order valence-corrected chi connectivity index (χ0v) is 13.1. The molecular weight excluding hydrogens is 298 g/mol. The van der Waals surface area contributed by atoms with Gasteiger partial charge in [0.2, 0.25) is 0 Å². The molecule has 1 fully saturated rings. The minimum Gasteiger partial charge on any atom is -0.484 e. The van der Waals surface area contributed by atoms with Crippen molar-refractivity contribution in [1.29, 1.82) is 0 Å². The molecule has 0 aromatic heterocycles. The lowest BCUT2D eigenvalue weighted by Crippen LogP contribution is -2.39. The summed E-state index contributed by atoms with van der Waals surface area (Å²) >= 11 is 0. The second kappa shape index (κ2) is 8.17. The summed E-state index contributed by atoms with van der Waals surface area (Å²) in [5.74, 6) is -0.192. The summed E-state index contributed by atoms with van der Waals surface area (Å²) < 4.78 is 5.26. The molecule has 1 aliphatic rings. The van der Waals surface area contributed by atoms with Crippen molar-refractivity contribution in [2.75, 3.05) is 13.7 Å². The number of imide groups is 1. The molecule has 23 heavy (non-hydrogen) atoms. The molecule has 0 atom stereocenters. The standard InChI is InChI=1S/C16H21N3O4/c1-17-16(22)19-14(20)10-23-13-8-6-11(7-9-13)15(21)18-12-4-2-3-5-12/h6-9,12H,2-5,10H2,1H3,(H,18,21)(H2,17,19,20,22). The van der Waals surface area contributed by atoms with Crippen LogP contribution in [0.15, 0.2) is 24.3 Å². The third kappa shape index (κ3) is 5.28. The van der Waals surface area contributed by atoms with Gasteiger partial charge in [-0.05, 0) is 37.1 Å². The maximum Gasteiger partial charge on any atom is 0.321 e.